The zero-order chi connectivity index (χ0) is 10.7. The van der Waals surface area contributed by atoms with Crippen molar-refractivity contribution in [3.63, 3.8) is 0 Å². The first kappa shape index (κ1) is 11.3. The molecule has 4 heteroatoms. The van der Waals surface area contributed by atoms with E-state index in [1.165, 1.54) is 19.4 Å². The summed E-state index contributed by atoms with van der Waals surface area (Å²) in [6, 6.07) is 0. The molecule has 1 aliphatic heterocycles. The van der Waals surface area contributed by atoms with Crippen molar-refractivity contribution in [3.8, 4) is 0 Å². The largest absolute Gasteiger partial charge is 0.394 e. The molecule has 1 heterocycles. The molecule has 2 N–H and O–H groups in total. The molecule has 2 fully saturated rings. The predicted octanol–water partition coefficient (Wildman–Crippen LogP) is -0.633. The van der Waals surface area contributed by atoms with Crippen molar-refractivity contribution in [1.29, 1.82) is 0 Å². The highest BCUT2D eigenvalue weighted by atomic mass is 16.3. The highest BCUT2D eigenvalue weighted by Crippen LogP contribution is 2.29. The number of hydrogen-bond donors (Lipinski definition) is 2. The Morgan fingerprint density at radius 3 is 2.20 bits per heavy atom. The maximum atomic E-state index is 9.33. The van der Waals surface area contributed by atoms with Crippen LogP contribution in [0.15, 0.2) is 0 Å². The van der Waals surface area contributed by atoms with E-state index in [-0.39, 0.29) is 6.61 Å². The Balaban J connectivity index is 1.62. The van der Waals surface area contributed by atoms with Gasteiger partial charge in [0.15, 0.2) is 0 Å². The van der Waals surface area contributed by atoms with Crippen molar-refractivity contribution < 1.29 is 10.2 Å². The summed E-state index contributed by atoms with van der Waals surface area (Å²) in [6.45, 7) is 6.07. The molecule has 1 atom stereocenters. The molecule has 0 aromatic heterocycles. The summed E-state index contributed by atoms with van der Waals surface area (Å²) in [5, 5.41) is 18.1. The number of aliphatic hydroxyl groups excluding tert-OH is 2. The van der Waals surface area contributed by atoms with Crippen LogP contribution in [0.4, 0.5) is 0 Å². The second kappa shape index (κ2) is 5.25. The molecule has 2 rings (SSSR count). The van der Waals surface area contributed by atoms with Gasteiger partial charge in [-0.2, -0.15) is 0 Å². The molecule has 0 bridgehead atoms. The summed E-state index contributed by atoms with van der Waals surface area (Å²) in [7, 11) is 0. The maximum Gasteiger partial charge on any atom is 0.0897 e. The van der Waals surface area contributed by atoms with Gasteiger partial charge in [0.1, 0.15) is 0 Å². The molecule has 1 saturated carbocycles. The monoisotopic (exact) mass is 214 g/mol. The highest BCUT2D eigenvalue weighted by Gasteiger charge is 2.26. The Bertz CT molecular complexity index is 189. The topological polar surface area (TPSA) is 46.9 Å². The third-order valence-electron chi connectivity index (χ3n) is 3.36. The summed E-state index contributed by atoms with van der Waals surface area (Å²) in [5.74, 6) is 0.972. The number of hydrogen-bond acceptors (Lipinski definition) is 4. The molecule has 15 heavy (non-hydrogen) atoms. The van der Waals surface area contributed by atoms with Crippen molar-refractivity contribution in [3.05, 3.63) is 0 Å². The van der Waals surface area contributed by atoms with E-state index in [0.717, 1.165) is 32.1 Å². The normalized spacial score (nSPS) is 26.8. The Hall–Kier alpha value is -0.160. The van der Waals surface area contributed by atoms with E-state index in [0.29, 0.717) is 6.54 Å². The number of piperazine rings is 1. The van der Waals surface area contributed by atoms with Gasteiger partial charge in [-0.1, -0.05) is 0 Å². The second-order valence-electron chi connectivity index (χ2n) is 4.88. The lowest BCUT2D eigenvalue weighted by Gasteiger charge is -2.35. The van der Waals surface area contributed by atoms with E-state index in [1.807, 2.05) is 0 Å². The van der Waals surface area contributed by atoms with Gasteiger partial charge in [0.05, 0.1) is 12.7 Å². The average molecular weight is 214 g/mol. The van der Waals surface area contributed by atoms with Gasteiger partial charge in [0.25, 0.3) is 0 Å². The molecule has 0 spiro atoms. The third-order valence-corrected chi connectivity index (χ3v) is 3.36. The average Bonchev–Trinajstić information content (AvgIpc) is 3.05. The number of β-amino-alcohol motifs (C(OH)–C–C–N with tert-alkyl or cyclic N) is 1. The lowest BCUT2D eigenvalue weighted by atomic mass is 10.2. The van der Waals surface area contributed by atoms with Crippen LogP contribution in [-0.4, -0.2) is 72.0 Å². The standard InChI is InChI=1S/C11H22N2O2/c14-9-11(15)8-13-5-3-12(4-6-13)7-10-1-2-10/h10-11,14-15H,1-9H2. The second-order valence-corrected chi connectivity index (χ2v) is 4.88. The summed E-state index contributed by atoms with van der Waals surface area (Å²) >= 11 is 0. The Kier molecular flexibility index (Phi) is 3.97. The lowest BCUT2D eigenvalue weighted by Crippen LogP contribution is -2.49. The summed E-state index contributed by atoms with van der Waals surface area (Å²) in [6.07, 6.45) is 2.27. The molecule has 2 aliphatic rings. The van der Waals surface area contributed by atoms with Crippen molar-refractivity contribution >= 4 is 0 Å². The van der Waals surface area contributed by atoms with Crippen molar-refractivity contribution in [2.24, 2.45) is 5.92 Å². The van der Waals surface area contributed by atoms with Gasteiger partial charge in [-0.25, -0.2) is 0 Å². The maximum absolute atomic E-state index is 9.33. The van der Waals surface area contributed by atoms with Crippen LogP contribution in [0.5, 0.6) is 0 Å². The molecule has 1 aliphatic carbocycles. The third kappa shape index (κ3) is 3.72. The van der Waals surface area contributed by atoms with Crippen LogP contribution < -0.4 is 0 Å². The highest BCUT2D eigenvalue weighted by molar-refractivity contribution is 4.81. The molecule has 0 aromatic carbocycles. The molecule has 1 saturated heterocycles. The van der Waals surface area contributed by atoms with Crippen LogP contribution in [-0.2, 0) is 0 Å². The van der Waals surface area contributed by atoms with E-state index in [9.17, 15) is 5.11 Å². The summed E-state index contributed by atoms with van der Waals surface area (Å²) in [5.41, 5.74) is 0. The fourth-order valence-corrected chi connectivity index (χ4v) is 2.18. The van der Waals surface area contributed by atoms with Crippen LogP contribution in [0, 0.1) is 5.92 Å². The van der Waals surface area contributed by atoms with Gasteiger partial charge in [-0.05, 0) is 18.8 Å². The van der Waals surface area contributed by atoms with E-state index in [1.54, 1.807) is 0 Å². The Morgan fingerprint density at radius 2 is 1.67 bits per heavy atom. The molecule has 88 valence electrons. The molecule has 0 radical (unpaired) electrons. The van der Waals surface area contributed by atoms with Crippen LogP contribution in [0.25, 0.3) is 0 Å². The Morgan fingerprint density at radius 1 is 1.07 bits per heavy atom. The number of aliphatic hydroxyl groups is 2. The zero-order valence-electron chi connectivity index (χ0n) is 9.31. The van der Waals surface area contributed by atoms with Crippen LogP contribution in [0.2, 0.25) is 0 Å². The SMILES string of the molecule is OCC(O)CN1CCN(CC2CC2)CC1. The first-order valence-corrected chi connectivity index (χ1v) is 6.01. The fourth-order valence-electron chi connectivity index (χ4n) is 2.18. The minimum atomic E-state index is -0.569. The number of rotatable bonds is 5. The molecule has 0 amide bonds. The predicted molar refractivity (Wildman–Crippen MR) is 58.7 cm³/mol. The Labute approximate surface area is 91.5 Å². The minimum Gasteiger partial charge on any atom is -0.394 e. The van der Waals surface area contributed by atoms with E-state index >= 15 is 0 Å². The van der Waals surface area contributed by atoms with E-state index in [2.05, 4.69) is 9.80 Å². The molecular formula is C11H22N2O2. The molecule has 1 unspecified atom stereocenters. The van der Waals surface area contributed by atoms with Crippen LogP contribution in [0.3, 0.4) is 0 Å². The van der Waals surface area contributed by atoms with Crippen molar-refractivity contribution in [2.75, 3.05) is 45.9 Å². The summed E-state index contributed by atoms with van der Waals surface area (Å²) < 4.78 is 0. The van der Waals surface area contributed by atoms with Crippen LogP contribution >= 0.6 is 0 Å². The first-order chi connectivity index (χ1) is 7.28. The zero-order valence-corrected chi connectivity index (χ0v) is 9.31. The van der Waals surface area contributed by atoms with Gasteiger partial charge in [0.2, 0.25) is 0 Å². The number of nitrogens with zero attached hydrogens (tertiary/aromatic N) is 2. The van der Waals surface area contributed by atoms with Crippen molar-refractivity contribution in [1.82, 2.24) is 9.80 Å². The quantitative estimate of drug-likeness (QED) is 0.639. The van der Waals surface area contributed by atoms with Gasteiger partial charge in [-0.15, -0.1) is 0 Å². The van der Waals surface area contributed by atoms with Gasteiger partial charge in [0, 0.05) is 39.3 Å². The lowest BCUT2D eigenvalue weighted by molar-refractivity contribution is 0.0389. The van der Waals surface area contributed by atoms with E-state index in [4.69, 9.17) is 5.11 Å². The smallest absolute Gasteiger partial charge is 0.0897 e. The van der Waals surface area contributed by atoms with E-state index < -0.39 is 6.10 Å². The summed E-state index contributed by atoms with van der Waals surface area (Å²) in [4.78, 5) is 4.77. The van der Waals surface area contributed by atoms with Crippen molar-refractivity contribution in [2.45, 2.75) is 18.9 Å². The van der Waals surface area contributed by atoms with Crippen LogP contribution in [0.1, 0.15) is 12.8 Å². The molecule has 0 aromatic rings. The van der Waals surface area contributed by atoms with Gasteiger partial charge in [-0.3, -0.25) is 4.90 Å². The minimum absolute atomic E-state index is 0.123. The first-order valence-electron chi connectivity index (χ1n) is 6.01. The van der Waals surface area contributed by atoms with Gasteiger partial charge < -0.3 is 15.1 Å². The van der Waals surface area contributed by atoms with Gasteiger partial charge >= 0.3 is 0 Å². The molecular weight excluding hydrogens is 192 g/mol. The fraction of sp³-hybridized carbons (Fsp3) is 1.00. The molecule has 4 nitrogen and oxygen atoms in total.